The molecule has 0 radical (unpaired) electrons. The average molecular weight is 240 g/mol. The molecule has 0 saturated heterocycles. The quantitative estimate of drug-likeness (QED) is 0.739. The van der Waals surface area contributed by atoms with Gasteiger partial charge in [0, 0.05) is 19.3 Å². The predicted molar refractivity (Wildman–Crippen MR) is 64.4 cm³/mol. The summed E-state index contributed by atoms with van der Waals surface area (Å²) in [6.07, 6.45) is 0. The number of hydrogen-bond donors (Lipinski definition) is 2. The summed E-state index contributed by atoms with van der Waals surface area (Å²) in [5, 5.41) is 5.69. The molecular weight excluding hydrogens is 223 g/mol. The number of carbonyl (C=O) groups is 1. The highest BCUT2D eigenvalue weighted by Gasteiger charge is 2.11. The molecule has 0 aromatic heterocycles. The molecule has 2 N–H and O–H groups in total. The van der Waals surface area contributed by atoms with E-state index in [9.17, 15) is 9.18 Å². The van der Waals surface area contributed by atoms with Crippen LogP contribution < -0.4 is 10.6 Å². The lowest BCUT2D eigenvalue weighted by Crippen LogP contribution is -2.39. The Morgan fingerprint density at radius 2 is 2.06 bits per heavy atom. The first kappa shape index (κ1) is 13.4. The molecule has 0 aliphatic carbocycles. The van der Waals surface area contributed by atoms with Crippen molar-refractivity contribution in [2.24, 2.45) is 0 Å². The van der Waals surface area contributed by atoms with Crippen molar-refractivity contribution in [2.45, 2.75) is 13.0 Å². The molecule has 0 spiro atoms. The van der Waals surface area contributed by atoms with E-state index in [-0.39, 0.29) is 17.8 Å². The number of carbonyl (C=O) groups excluding carboxylic acids is 1. The number of halogens is 1. The average Bonchev–Trinajstić information content (AvgIpc) is 2.32. The van der Waals surface area contributed by atoms with Gasteiger partial charge in [-0.1, -0.05) is 0 Å². The van der Waals surface area contributed by atoms with Crippen molar-refractivity contribution >= 4 is 11.6 Å². The summed E-state index contributed by atoms with van der Waals surface area (Å²) < 4.78 is 17.5. The van der Waals surface area contributed by atoms with Crippen LogP contribution in [0, 0.1) is 5.82 Å². The van der Waals surface area contributed by atoms with Crippen LogP contribution in [0.3, 0.4) is 0 Å². The molecule has 1 amide bonds. The fourth-order valence-corrected chi connectivity index (χ4v) is 1.29. The van der Waals surface area contributed by atoms with Gasteiger partial charge in [0.1, 0.15) is 11.9 Å². The Morgan fingerprint density at radius 1 is 1.41 bits per heavy atom. The summed E-state index contributed by atoms with van der Waals surface area (Å²) in [7, 11) is 1.58. The first-order chi connectivity index (χ1) is 8.13. The number of methoxy groups -OCH3 is 1. The largest absolute Gasteiger partial charge is 0.383 e. The van der Waals surface area contributed by atoms with Gasteiger partial charge in [-0.05, 0) is 31.2 Å². The van der Waals surface area contributed by atoms with Crippen molar-refractivity contribution in [3.63, 3.8) is 0 Å². The molecular formula is C12H17FN2O2. The third-order valence-corrected chi connectivity index (χ3v) is 2.23. The second-order valence-electron chi connectivity index (χ2n) is 3.66. The SMILES string of the molecule is COCCNC(=O)C(C)Nc1ccc(F)cc1. The highest BCUT2D eigenvalue weighted by Crippen LogP contribution is 2.09. The molecule has 1 aromatic carbocycles. The third kappa shape index (κ3) is 4.82. The smallest absolute Gasteiger partial charge is 0.242 e. The number of rotatable bonds is 6. The van der Waals surface area contributed by atoms with Crippen molar-refractivity contribution < 1.29 is 13.9 Å². The highest BCUT2D eigenvalue weighted by atomic mass is 19.1. The van der Waals surface area contributed by atoms with Crippen LogP contribution in [0.2, 0.25) is 0 Å². The maximum atomic E-state index is 12.7. The van der Waals surface area contributed by atoms with E-state index >= 15 is 0 Å². The van der Waals surface area contributed by atoms with Gasteiger partial charge >= 0.3 is 0 Å². The highest BCUT2D eigenvalue weighted by molar-refractivity contribution is 5.84. The summed E-state index contributed by atoms with van der Waals surface area (Å²) in [6.45, 7) is 2.70. The van der Waals surface area contributed by atoms with E-state index in [4.69, 9.17) is 4.74 Å². The van der Waals surface area contributed by atoms with Gasteiger partial charge < -0.3 is 15.4 Å². The molecule has 0 aliphatic rings. The van der Waals surface area contributed by atoms with Gasteiger partial charge in [-0.25, -0.2) is 4.39 Å². The zero-order chi connectivity index (χ0) is 12.7. The topological polar surface area (TPSA) is 50.4 Å². The van der Waals surface area contributed by atoms with Crippen LogP contribution in [0.15, 0.2) is 24.3 Å². The fourth-order valence-electron chi connectivity index (χ4n) is 1.29. The molecule has 0 heterocycles. The predicted octanol–water partition coefficient (Wildman–Crippen LogP) is 1.39. The minimum atomic E-state index is -0.377. The Labute approximate surface area is 100 Å². The lowest BCUT2D eigenvalue weighted by atomic mass is 10.2. The molecule has 4 nitrogen and oxygen atoms in total. The van der Waals surface area contributed by atoms with E-state index in [1.807, 2.05) is 0 Å². The number of nitrogens with one attached hydrogen (secondary N) is 2. The number of anilines is 1. The van der Waals surface area contributed by atoms with Gasteiger partial charge in [-0.2, -0.15) is 0 Å². The molecule has 5 heteroatoms. The van der Waals surface area contributed by atoms with Crippen LogP contribution in [0.1, 0.15) is 6.92 Å². The maximum absolute atomic E-state index is 12.7. The molecule has 1 unspecified atom stereocenters. The van der Waals surface area contributed by atoms with Crippen molar-refractivity contribution in [3.05, 3.63) is 30.1 Å². The Kier molecular flexibility index (Phi) is 5.42. The normalized spacial score (nSPS) is 11.9. The zero-order valence-electron chi connectivity index (χ0n) is 10.00. The van der Waals surface area contributed by atoms with Crippen LogP contribution in [0.4, 0.5) is 10.1 Å². The van der Waals surface area contributed by atoms with E-state index in [1.165, 1.54) is 12.1 Å². The maximum Gasteiger partial charge on any atom is 0.242 e. The number of benzene rings is 1. The lowest BCUT2D eigenvalue weighted by Gasteiger charge is -2.15. The van der Waals surface area contributed by atoms with Gasteiger partial charge in [0.25, 0.3) is 0 Å². The van der Waals surface area contributed by atoms with Crippen molar-refractivity contribution in [2.75, 3.05) is 25.6 Å². The molecule has 1 atom stereocenters. The van der Waals surface area contributed by atoms with E-state index in [2.05, 4.69) is 10.6 Å². The van der Waals surface area contributed by atoms with Gasteiger partial charge in [-0.15, -0.1) is 0 Å². The van der Waals surface area contributed by atoms with Crippen molar-refractivity contribution in [1.82, 2.24) is 5.32 Å². The first-order valence-electron chi connectivity index (χ1n) is 5.42. The third-order valence-electron chi connectivity index (χ3n) is 2.23. The Morgan fingerprint density at radius 3 is 2.65 bits per heavy atom. The van der Waals surface area contributed by atoms with Gasteiger partial charge in [-0.3, -0.25) is 4.79 Å². The molecule has 0 bridgehead atoms. The Bertz CT molecular complexity index is 354. The van der Waals surface area contributed by atoms with Gasteiger partial charge in [0.2, 0.25) is 5.91 Å². The molecule has 0 aliphatic heterocycles. The summed E-state index contributed by atoms with van der Waals surface area (Å²) in [6, 6.07) is 5.50. The van der Waals surface area contributed by atoms with E-state index in [1.54, 1.807) is 26.2 Å². The van der Waals surface area contributed by atoms with Crippen LogP contribution in [0.5, 0.6) is 0 Å². The van der Waals surface area contributed by atoms with Crippen molar-refractivity contribution in [1.29, 1.82) is 0 Å². The van der Waals surface area contributed by atoms with Crippen LogP contribution in [-0.2, 0) is 9.53 Å². The lowest BCUT2D eigenvalue weighted by molar-refractivity contribution is -0.121. The molecule has 0 fully saturated rings. The zero-order valence-corrected chi connectivity index (χ0v) is 10.00. The summed E-state index contributed by atoms with van der Waals surface area (Å²) in [4.78, 5) is 11.6. The molecule has 1 rings (SSSR count). The number of amides is 1. The second-order valence-corrected chi connectivity index (χ2v) is 3.66. The number of ether oxygens (including phenoxy) is 1. The van der Waals surface area contributed by atoms with E-state index < -0.39 is 0 Å². The van der Waals surface area contributed by atoms with E-state index in [0.717, 1.165) is 0 Å². The molecule has 94 valence electrons. The minimum absolute atomic E-state index is 0.119. The summed E-state index contributed by atoms with van der Waals surface area (Å²) in [5.41, 5.74) is 0.709. The number of hydrogen-bond acceptors (Lipinski definition) is 3. The summed E-state index contributed by atoms with van der Waals surface area (Å²) >= 11 is 0. The minimum Gasteiger partial charge on any atom is -0.383 e. The van der Waals surface area contributed by atoms with Crippen molar-refractivity contribution in [3.8, 4) is 0 Å². The van der Waals surface area contributed by atoms with Crippen LogP contribution in [0.25, 0.3) is 0 Å². The molecule has 0 saturated carbocycles. The van der Waals surface area contributed by atoms with Gasteiger partial charge in [0.15, 0.2) is 0 Å². The second kappa shape index (κ2) is 6.85. The molecule has 17 heavy (non-hydrogen) atoms. The summed E-state index contributed by atoms with van der Waals surface area (Å²) in [5.74, 6) is -0.417. The Hall–Kier alpha value is -1.62. The van der Waals surface area contributed by atoms with Crippen LogP contribution >= 0.6 is 0 Å². The monoisotopic (exact) mass is 240 g/mol. The first-order valence-corrected chi connectivity index (χ1v) is 5.42. The van der Waals surface area contributed by atoms with E-state index in [0.29, 0.717) is 18.8 Å². The fraction of sp³-hybridized carbons (Fsp3) is 0.417. The van der Waals surface area contributed by atoms with Crippen LogP contribution in [-0.4, -0.2) is 32.2 Å². The van der Waals surface area contributed by atoms with Gasteiger partial charge in [0.05, 0.1) is 6.61 Å². The Balaban J connectivity index is 2.40. The standard InChI is InChI=1S/C12H17FN2O2/c1-9(12(16)14-7-8-17-2)15-11-5-3-10(13)4-6-11/h3-6,9,15H,7-8H2,1-2H3,(H,14,16). The molecule has 1 aromatic rings.